The average Bonchev–Trinajstić information content (AvgIpc) is 2.72. The van der Waals surface area contributed by atoms with Crippen LogP contribution in [0, 0.1) is 0 Å². The number of amides is 1. The molecule has 3 rings (SSSR count). The molecule has 1 heterocycles. The van der Waals surface area contributed by atoms with Gasteiger partial charge in [0.1, 0.15) is 5.75 Å². The first-order valence-electron chi connectivity index (χ1n) is 9.25. The first kappa shape index (κ1) is 19.6. The van der Waals surface area contributed by atoms with Crippen LogP contribution in [0.4, 0.5) is 5.69 Å². The topological polar surface area (TPSA) is 69.6 Å². The summed E-state index contributed by atoms with van der Waals surface area (Å²) < 4.78 is 12.3. The van der Waals surface area contributed by atoms with Gasteiger partial charge in [-0.15, -0.1) is 0 Å². The molecule has 0 unspecified atom stereocenters. The Bertz CT molecular complexity index is 1010. The number of pyridine rings is 1. The van der Waals surface area contributed by atoms with Gasteiger partial charge in [0, 0.05) is 30.9 Å². The molecular weight excluding hydrogens is 356 g/mol. The average molecular weight is 380 g/mol. The monoisotopic (exact) mass is 380 g/mol. The zero-order valence-corrected chi connectivity index (χ0v) is 16.1. The predicted octanol–water partition coefficient (Wildman–Crippen LogP) is 3.23. The second-order valence-electron chi connectivity index (χ2n) is 6.41. The molecule has 1 amide bonds. The van der Waals surface area contributed by atoms with Gasteiger partial charge in [0.2, 0.25) is 0 Å². The maximum atomic E-state index is 12.6. The van der Waals surface area contributed by atoms with Crippen LogP contribution in [0.1, 0.15) is 12.5 Å². The van der Waals surface area contributed by atoms with E-state index in [1.165, 1.54) is 5.56 Å². The molecular formula is C22H24N2O4. The Morgan fingerprint density at radius 3 is 2.57 bits per heavy atom. The zero-order chi connectivity index (χ0) is 19.9. The number of rotatable bonds is 8. The van der Waals surface area contributed by atoms with Crippen molar-refractivity contribution >= 4 is 22.4 Å². The van der Waals surface area contributed by atoms with Crippen molar-refractivity contribution in [2.24, 2.45) is 0 Å². The summed E-state index contributed by atoms with van der Waals surface area (Å²) >= 11 is 0. The summed E-state index contributed by atoms with van der Waals surface area (Å²) in [7, 11) is 1.60. The fourth-order valence-corrected chi connectivity index (χ4v) is 2.95. The lowest BCUT2D eigenvalue weighted by molar-refractivity contribution is -0.118. The third-order valence-electron chi connectivity index (χ3n) is 4.52. The molecule has 3 aromatic rings. The molecule has 146 valence electrons. The van der Waals surface area contributed by atoms with Gasteiger partial charge < -0.3 is 19.4 Å². The minimum atomic E-state index is -0.255. The van der Waals surface area contributed by atoms with Gasteiger partial charge in [0.15, 0.2) is 6.61 Å². The third kappa shape index (κ3) is 4.58. The molecule has 0 spiro atoms. The zero-order valence-electron chi connectivity index (χ0n) is 16.1. The second kappa shape index (κ2) is 9.19. The number of benzene rings is 2. The number of ether oxygens (including phenoxy) is 2. The van der Waals surface area contributed by atoms with Crippen molar-refractivity contribution in [1.29, 1.82) is 0 Å². The normalized spacial score (nSPS) is 10.8. The van der Waals surface area contributed by atoms with Gasteiger partial charge in [-0.3, -0.25) is 9.59 Å². The minimum absolute atomic E-state index is 0.111. The van der Waals surface area contributed by atoms with E-state index < -0.39 is 0 Å². The quantitative estimate of drug-likeness (QED) is 0.651. The summed E-state index contributed by atoms with van der Waals surface area (Å²) in [5, 5.41) is 4.04. The molecule has 2 aromatic carbocycles. The van der Waals surface area contributed by atoms with E-state index in [9.17, 15) is 9.59 Å². The number of anilines is 1. The van der Waals surface area contributed by atoms with Crippen molar-refractivity contribution < 1.29 is 14.3 Å². The summed E-state index contributed by atoms with van der Waals surface area (Å²) in [5.74, 6) is 0.250. The van der Waals surface area contributed by atoms with Crippen LogP contribution in [0.2, 0.25) is 0 Å². The number of hydrogen-bond acceptors (Lipinski definition) is 4. The number of aryl methyl sites for hydroxylation is 1. The number of nitrogens with one attached hydrogen (secondary N) is 1. The van der Waals surface area contributed by atoms with Gasteiger partial charge in [0.25, 0.3) is 11.5 Å². The number of aromatic nitrogens is 1. The molecule has 0 atom stereocenters. The van der Waals surface area contributed by atoms with Crippen molar-refractivity contribution in [2.75, 3.05) is 25.6 Å². The van der Waals surface area contributed by atoms with Crippen LogP contribution in [-0.2, 0) is 22.5 Å². The Hall–Kier alpha value is -3.12. The van der Waals surface area contributed by atoms with E-state index in [1.807, 2.05) is 30.3 Å². The van der Waals surface area contributed by atoms with Crippen LogP contribution in [0.25, 0.3) is 10.8 Å². The van der Waals surface area contributed by atoms with Crippen molar-refractivity contribution in [1.82, 2.24) is 4.57 Å². The third-order valence-corrected chi connectivity index (χ3v) is 4.52. The SMILES string of the molecule is CCc1ccc(NC(=O)COc2cccc3c(=O)n(CCOC)ccc23)cc1. The summed E-state index contributed by atoms with van der Waals surface area (Å²) in [6.45, 7) is 2.88. The standard InChI is InChI=1S/C22H24N2O4/c1-3-16-7-9-17(10-8-16)23-21(25)15-28-20-6-4-5-19-18(20)11-12-24(22(19)26)13-14-27-2/h4-12H,3,13-15H2,1-2H3,(H,23,25). The summed E-state index contributed by atoms with van der Waals surface area (Å²) in [6, 6.07) is 14.8. The van der Waals surface area contributed by atoms with Crippen LogP contribution in [-0.4, -0.2) is 30.8 Å². The van der Waals surface area contributed by atoms with Crippen LogP contribution in [0.15, 0.2) is 59.5 Å². The number of carbonyl (C=O) groups excluding carboxylic acids is 1. The second-order valence-corrected chi connectivity index (χ2v) is 6.41. The highest BCUT2D eigenvalue weighted by molar-refractivity contribution is 5.92. The van der Waals surface area contributed by atoms with Crippen molar-refractivity contribution in [3.05, 3.63) is 70.6 Å². The smallest absolute Gasteiger partial charge is 0.262 e. The number of carbonyl (C=O) groups is 1. The van der Waals surface area contributed by atoms with E-state index in [0.717, 1.165) is 12.1 Å². The Morgan fingerprint density at radius 1 is 1.07 bits per heavy atom. The van der Waals surface area contributed by atoms with Crippen molar-refractivity contribution in [3.63, 3.8) is 0 Å². The van der Waals surface area contributed by atoms with Gasteiger partial charge in [-0.25, -0.2) is 0 Å². The van der Waals surface area contributed by atoms with Gasteiger partial charge in [-0.1, -0.05) is 25.1 Å². The van der Waals surface area contributed by atoms with Gasteiger partial charge in [-0.2, -0.15) is 0 Å². The maximum Gasteiger partial charge on any atom is 0.262 e. The molecule has 0 fully saturated rings. The van der Waals surface area contributed by atoms with Gasteiger partial charge in [-0.05, 0) is 42.3 Å². The van der Waals surface area contributed by atoms with E-state index >= 15 is 0 Å². The molecule has 0 aliphatic carbocycles. The summed E-state index contributed by atoms with van der Waals surface area (Å²) in [5.41, 5.74) is 1.83. The lowest BCUT2D eigenvalue weighted by Crippen LogP contribution is -2.22. The van der Waals surface area contributed by atoms with Gasteiger partial charge in [0.05, 0.1) is 12.0 Å². The molecule has 0 saturated heterocycles. The lowest BCUT2D eigenvalue weighted by Gasteiger charge is -2.11. The maximum absolute atomic E-state index is 12.6. The molecule has 28 heavy (non-hydrogen) atoms. The van der Waals surface area contributed by atoms with Crippen LogP contribution < -0.4 is 15.6 Å². The Morgan fingerprint density at radius 2 is 1.86 bits per heavy atom. The minimum Gasteiger partial charge on any atom is -0.483 e. The largest absolute Gasteiger partial charge is 0.483 e. The number of nitrogens with zero attached hydrogens (tertiary/aromatic N) is 1. The molecule has 0 aliphatic rings. The highest BCUT2D eigenvalue weighted by Crippen LogP contribution is 2.23. The van der Waals surface area contributed by atoms with E-state index in [1.54, 1.807) is 36.1 Å². The molecule has 1 aromatic heterocycles. The van der Waals surface area contributed by atoms with Crippen LogP contribution in [0.3, 0.4) is 0 Å². The molecule has 1 N–H and O–H groups in total. The fourth-order valence-electron chi connectivity index (χ4n) is 2.95. The Labute approximate surface area is 163 Å². The van der Waals surface area contributed by atoms with E-state index in [0.29, 0.717) is 29.7 Å². The fraction of sp³-hybridized carbons (Fsp3) is 0.273. The molecule has 0 aliphatic heterocycles. The van der Waals surface area contributed by atoms with Crippen molar-refractivity contribution in [3.8, 4) is 5.75 Å². The summed E-state index contributed by atoms with van der Waals surface area (Å²) in [4.78, 5) is 24.8. The molecule has 0 saturated carbocycles. The first-order chi connectivity index (χ1) is 13.6. The van der Waals surface area contributed by atoms with E-state index in [4.69, 9.17) is 9.47 Å². The Balaban J connectivity index is 1.70. The molecule has 0 radical (unpaired) electrons. The number of hydrogen-bond donors (Lipinski definition) is 1. The van der Waals surface area contributed by atoms with E-state index in [-0.39, 0.29) is 18.1 Å². The molecule has 0 bridgehead atoms. The predicted molar refractivity (Wildman–Crippen MR) is 110 cm³/mol. The number of methoxy groups -OCH3 is 1. The van der Waals surface area contributed by atoms with Crippen LogP contribution in [0.5, 0.6) is 5.75 Å². The lowest BCUT2D eigenvalue weighted by atomic mass is 10.1. The summed E-state index contributed by atoms with van der Waals surface area (Å²) in [6.07, 6.45) is 2.66. The molecule has 6 heteroatoms. The van der Waals surface area contributed by atoms with E-state index in [2.05, 4.69) is 12.2 Å². The first-order valence-corrected chi connectivity index (χ1v) is 9.25. The van der Waals surface area contributed by atoms with Gasteiger partial charge >= 0.3 is 0 Å². The Kier molecular flexibility index (Phi) is 6.45. The highest BCUT2D eigenvalue weighted by Gasteiger charge is 2.10. The highest BCUT2D eigenvalue weighted by atomic mass is 16.5. The van der Waals surface area contributed by atoms with Crippen molar-refractivity contribution in [2.45, 2.75) is 19.9 Å². The number of fused-ring (bicyclic) bond motifs is 1. The molecule has 6 nitrogen and oxygen atoms in total. The van der Waals surface area contributed by atoms with Crippen LogP contribution >= 0.6 is 0 Å².